The van der Waals surface area contributed by atoms with Crippen molar-refractivity contribution in [1.82, 2.24) is 4.90 Å². The van der Waals surface area contributed by atoms with Gasteiger partial charge in [-0.2, -0.15) is 0 Å². The van der Waals surface area contributed by atoms with Crippen molar-refractivity contribution in [3.63, 3.8) is 0 Å². The standard InChI is InChI=1S/C14H16BrNO2/c1-10(2)13-9-18-14(17)16(13)8-12(15)11-6-4-3-5-7-11/h3-8,10,13H,9H2,1-2H3/b12-8-/t13-/m1/s1. The van der Waals surface area contributed by atoms with Crippen molar-refractivity contribution in [2.24, 2.45) is 5.92 Å². The van der Waals surface area contributed by atoms with E-state index in [0.29, 0.717) is 12.5 Å². The van der Waals surface area contributed by atoms with Crippen LogP contribution in [0.4, 0.5) is 4.79 Å². The highest BCUT2D eigenvalue weighted by Crippen LogP contribution is 2.26. The highest BCUT2D eigenvalue weighted by Gasteiger charge is 2.33. The molecule has 1 fully saturated rings. The summed E-state index contributed by atoms with van der Waals surface area (Å²) in [6.45, 7) is 4.63. The van der Waals surface area contributed by atoms with Gasteiger partial charge in [-0.3, -0.25) is 4.90 Å². The van der Waals surface area contributed by atoms with Crippen molar-refractivity contribution in [2.45, 2.75) is 19.9 Å². The minimum absolute atomic E-state index is 0.105. The molecule has 0 N–H and O–H groups in total. The Morgan fingerprint density at radius 2 is 2.11 bits per heavy atom. The third kappa shape index (κ3) is 2.75. The Morgan fingerprint density at radius 1 is 1.44 bits per heavy atom. The van der Waals surface area contributed by atoms with Crippen molar-refractivity contribution in [3.05, 3.63) is 42.1 Å². The first-order chi connectivity index (χ1) is 8.59. The lowest BCUT2D eigenvalue weighted by Gasteiger charge is -2.21. The molecule has 1 amide bonds. The zero-order chi connectivity index (χ0) is 13.1. The van der Waals surface area contributed by atoms with Crippen molar-refractivity contribution in [1.29, 1.82) is 0 Å². The second kappa shape index (κ2) is 5.57. The van der Waals surface area contributed by atoms with Gasteiger partial charge in [0.25, 0.3) is 0 Å². The molecule has 1 saturated heterocycles. The average Bonchev–Trinajstić information content (AvgIpc) is 2.72. The summed E-state index contributed by atoms with van der Waals surface area (Å²) in [6, 6.07) is 9.98. The molecule has 0 aromatic heterocycles. The van der Waals surface area contributed by atoms with Crippen LogP contribution >= 0.6 is 15.9 Å². The maximum absolute atomic E-state index is 11.7. The summed E-state index contributed by atoms with van der Waals surface area (Å²) in [5.74, 6) is 0.365. The summed E-state index contributed by atoms with van der Waals surface area (Å²) in [6.07, 6.45) is 1.54. The van der Waals surface area contributed by atoms with Crippen LogP contribution in [0.25, 0.3) is 4.48 Å². The van der Waals surface area contributed by atoms with Gasteiger partial charge in [0.1, 0.15) is 6.61 Å². The van der Waals surface area contributed by atoms with Gasteiger partial charge in [0.15, 0.2) is 0 Å². The molecule has 96 valence electrons. The van der Waals surface area contributed by atoms with Crippen molar-refractivity contribution in [2.75, 3.05) is 6.61 Å². The summed E-state index contributed by atoms with van der Waals surface area (Å²) in [5, 5.41) is 0. The molecule has 1 heterocycles. The maximum atomic E-state index is 11.7. The van der Waals surface area contributed by atoms with Gasteiger partial charge in [-0.05, 0) is 27.4 Å². The number of cyclic esters (lactones) is 1. The topological polar surface area (TPSA) is 29.5 Å². The van der Waals surface area contributed by atoms with Crippen LogP contribution in [0.2, 0.25) is 0 Å². The predicted octanol–water partition coefficient (Wildman–Crippen LogP) is 3.86. The lowest BCUT2D eigenvalue weighted by Crippen LogP contribution is -2.32. The van der Waals surface area contributed by atoms with Crippen LogP contribution in [-0.4, -0.2) is 23.6 Å². The summed E-state index contributed by atoms with van der Waals surface area (Å²) in [5.41, 5.74) is 1.04. The zero-order valence-corrected chi connectivity index (χ0v) is 12.1. The molecule has 2 rings (SSSR count). The van der Waals surface area contributed by atoms with E-state index in [9.17, 15) is 4.79 Å². The van der Waals surface area contributed by atoms with E-state index in [1.54, 1.807) is 4.90 Å². The molecule has 1 aromatic carbocycles. The quantitative estimate of drug-likeness (QED) is 0.848. The summed E-state index contributed by atoms with van der Waals surface area (Å²) in [7, 11) is 0. The van der Waals surface area contributed by atoms with Gasteiger partial charge in [0, 0.05) is 10.7 Å². The van der Waals surface area contributed by atoms with Gasteiger partial charge in [-0.25, -0.2) is 4.79 Å². The van der Waals surface area contributed by atoms with Crippen LogP contribution in [0, 0.1) is 5.92 Å². The minimum atomic E-state index is -0.276. The molecule has 0 saturated carbocycles. The number of nitrogens with zero attached hydrogens (tertiary/aromatic N) is 1. The summed E-state index contributed by atoms with van der Waals surface area (Å²) in [4.78, 5) is 13.4. The molecule has 0 unspecified atom stereocenters. The highest BCUT2D eigenvalue weighted by molar-refractivity contribution is 9.15. The van der Waals surface area contributed by atoms with E-state index in [4.69, 9.17) is 4.74 Å². The predicted molar refractivity (Wildman–Crippen MR) is 75.2 cm³/mol. The zero-order valence-electron chi connectivity index (χ0n) is 10.5. The number of hydrogen-bond donors (Lipinski definition) is 0. The van der Waals surface area contributed by atoms with Crippen LogP contribution in [0.1, 0.15) is 19.4 Å². The van der Waals surface area contributed by atoms with E-state index in [2.05, 4.69) is 29.8 Å². The van der Waals surface area contributed by atoms with Crippen LogP contribution < -0.4 is 0 Å². The van der Waals surface area contributed by atoms with E-state index in [0.717, 1.165) is 10.0 Å². The number of rotatable bonds is 3. The Morgan fingerprint density at radius 3 is 2.72 bits per heavy atom. The molecule has 1 atom stereocenters. The molecular weight excluding hydrogens is 294 g/mol. The van der Waals surface area contributed by atoms with Crippen molar-refractivity contribution < 1.29 is 9.53 Å². The third-order valence-electron chi connectivity index (χ3n) is 3.02. The summed E-state index contributed by atoms with van der Waals surface area (Å²) < 4.78 is 5.98. The number of benzene rings is 1. The fourth-order valence-corrected chi connectivity index (χ4v) is 2.39. The number of amides is 1. The molecule has 0 bridgehead atoms. The van der Waals surface area contributed by atoms with Gasteiger partial charge < -0.3 is 4.74 Å². The van der Waals surface area contributed by atoms with E-state index in [-0.39, 0.29) is 12.1 Å². The third-order valence-corrected chi connectivity index (χ3v) is 3.68. The Hall–Kier alpha value is -1.29. The van der Waals surface area contributed by atoms with Crippen LogP contribution in [0.3, 0.4) is 0 Å². The van der Waals surface area contributed by atoms with E-state index < -0.39 is 0 Å². The lowest BCUT2D eigenvalue weighted by atomic mass is 10.1. The Bertz CT molecular complexity index is 456. The van der Waals surface area contributed by atoms with Crippen LogP contribution in [0.5, 0.6) is 0 Å². The average molecular weight is 310 g/mol. The smallest absolute Gasteiger partial charge is 0.414 e. The van der Waals surface area contributed by atoms with Gasteiger partial charge in [-0.1, -0.05) is 44.2 Å². The number of carbonyl (C=O) groups is 1. The molecule has 0 radical (unpaired) electrons. The molecule has 0 aliphatic carbocycles. The van der Waals surface area contributed by atoms with Gasteiger partial charge in [-0.15, -0.1) is 0 Å². The normalized spacial score (nSPS) is 20.4. The number of carbonyl (C=O) groups excluding carboxylic acids is 1. The fourth-order valence-electron chi connectivity index (χ4n) is 1.90. The first-order valence-electron chi connectivity index (χ1n) is 5.97. The summed E-state index contributed by atoms with van der Waals surface area (Å²) >= 11 is 3.51. The van der Waals surface area contributed by atoms with Crippen molar-refractivity contribution in [3.8, 4) is 0 Å². The molecule has 0 spiro atoms. The molecule has 3 nitrogen and oxygen atoms in total. The lowest BCUT2D eigenvalue weighted by molar-refractivity contribution is 0.166. The van der Waals surface area contributed by atoms with E-state index >= 15 is 0 Å². The van der Waals surface area contributed by atoms with Gasteiger partial charge in [0.05, 0.1) is 6.04 Å². The first-order valence-corrected chi connectivity index (χ1v) is 6.76. The minimum Gasteiger partial charge on any atom is -0.447 e. The molecular formula is C14H16BrNO2. The Labute approximate surface area is 116 Å². The first kappa shape index (κ1) is 13.1. The monoisotopic (exact) mass is 309 g/mol. The molecule has 1 aliphatic rings. The second-order valence-corrected chi connectivity index (χ2v) is 5.49. The largest absolute Gasteiger partial charge is 0.447 e. The molecule has 1 aromatic rings. The van der Waals surface area contributed by atoms with Crippen molar-refractivity contribution >= 4 is 26.5 Å². The number of halogens is 1. The SMILES string of the molecule is CC(C)[C@H]1COC(=O)N1/C=C(\Br)c1ccccc1. The van der Waals surface area contributed by atoms with E-state index in [1.165, 1.54) is 0 Å². The molecule has 18 heavy (non-hydrogen) atoms. The fraction of sp³-hybridized carbons (Fsp3) is 0.357. The Balaban J connectivity index is 2.23. The Kier molecular flexibility index (Phi) is 4.07. The molecule has 4 heteroatoms. The highest BCUT2D eigenvalue weighted by atomic mass is 79.9. The molecule has 1 aliphatic heterocycles. The van der Waals surface area contributed by atoms with Gasteiger partial charge in [0.2, 0.25) is 0 Å². The number of hydrogen-bond acceptors (Lipinski definition) is 2. The number of ether oxygens (including phenoxy) is 1. The van der Waals surface area contributed by atoms with Crippen LogP contribution in [0.15, 0.2) is 36.5 Å². The van der Waals surface area contributed by atoms with E-state index in [1.807, 2.05) is 36.5 Å². The van der Waals surface area contributed by atoms with Crippen LogP contribution in [-0.2, 0) is 4.74 Å². The van der Waals surface area contributed by atoms with Gasteiger partial charge >= 0.3 is 6.09 Å². The second-order valence-electron chi connectivity index (χ2n) is 4.64. The maximum Gasteiger partial charge on any atom is 0.414 e.